The van der Waals surface area contributed by atoms with Gasteiger partial charge in [0.2, 0.25) is 5.28 Å². The van der Waals surface area contributed by atoms with Crippen molar-refractivity contribution in [2.45, 2.75) is 50.1 Å². The van der Waals surface area contributed by atoms with Crippen LogP contribution in [0, 0.1) is 0 Å². The van der Waals surface area contributed by atoms with Crippen molar-refractivity contribution >= 4 is 34.6 Å². The van der Waals surface area contributed by atoms with Gasteiger partial charge in [-0.15, -0.1) is 0 Å². The summed E-state index contributed by atoms with van der Waals surface area (Å²) >= 11 is 6.35. The molecule has 6 rings (SSSR count). The highest BCUT2D eigenvalue weighted by Crippen LogP contribution is 2.44. The van der Waals surface area contributed by atoms with Gasteiger partial charge in [-0.1, -0.05) is 60.7 Å². The minimum absolute atomic E-state index is 0.0194. The van der Waals surface area contributed by atoms with Gasteiger partial charge in [0.05, 0.1) is 6.33 Å². The molecule has 2 aliphatic rings. The van der Waals surface area contributed by atoms with Crippen molar-refractivity contribution in [3.63, 3.8) is 0 Å². The molecule has 0 spiro atoms. The van der Waals surface area contributed by atoms with E-state index in [1.54, 1.807) is 18.4 Å². The maximum absolute atomic E-state index is 11.9. The Hall–Kier alpha value is -3.57. The molecule has 2 N–H and O–H groups in total. The normalized spacial score (nSPS) is 24.1. The Balaban J connectivity index is 1.33. The molecule has 0 radical (unpaired) electrons. The third-order valence-corrected chi connectivity index (χ3v) is 6.99. The van der Waals surface area contributed by atoms with Gasteiger partial charge in [-0.3, -0.25) is 4.57 Å². The third-order valence-electron chi connectivity index (χ3n) is 6.82. The molecule has 2 aromatic heterocycles. The zero-order valence-electron chi connectivity index (χ0n) is 20.7. The van der Waals surface area contributed by atoms with Crippen molar-refractivity contribution in [3.05, 3.63) is 83.4 Å². The first-order chi connectivity index (χ1) is 18.3. The number of carboxylic acids is 1. The zero-order valence-corrected chi connectivity index (χ0v) is 21.4. The van der Waals surface area contributed by atoms with E-state index in [1.165, 1.54) is 6.33 Å². The molecular formula is C27H26ClN5O5. The van der Waals surface area contributed by atoms with Crippen LogP contribution in [0.1, 0.15) is 37.1 Å². The Morgan fingerprint density at radius 3 is 2.32 bits per heavy atom. The zero-order chi connectivity index (χ0) is 26.4. The number of carboxylic acid groups (broad SMARTS) is 1. The average Bonchev–Trinajstić information content (AvgIpc) is 3.55. The van der Waals surface area contributed by atoms with Crippen molar-refractivity contribution < 1.29 is 24.1 Å². The molecule has 196 valence electrons. The van der Waals surface area contributed by atoms with Crippen LogP contribution in [0.15, 0.2) is 67.0 Å². The van der Waals surface area contributed by atoms with E-state index in [2.05, 4.69) is 44.5 Å². The molecule has 2 fully saturated rings. The van der Waals surface area contributed by atoms with Gasteiger partial charge in [-0.2, -0.15) is 9.97 Å². The van der Waals surface area contributed by atoms with Crippen LogP contribution in [-0.2, 0) is 19.0 Å². The summed E-state index contributed by atoms with van der Waals surface area (Å²) in [6.07, 6.45) is -1.94. The molecule has 0 aliphatic carbocycles. The van der Waals surface area contributed by atoms with Gasteiger partial charge in [0.25, 0.3) is 0 Å². The highest BCUT2D eigenvalue weighted by Gasteiger charge is 2.58. The van der Waals surface area contributed by atoms with Crippen LogP contribution in [0.4, 0.5) is 5.82 Å². The average molecular weight is 536 g/mol. The first-order valence-corrected chi connectivity index (χ1v) is 12.7. The summed E-state index contributed by atoms with van der Waals surface area (Å²) in [6, 6.07) is 20.4. The Bertz CT molecular complexity index is 1430. The fraction of sp³-hybridized carbons (Fsp3) is 0.333. The summed E-state index contributed by atoms with van der Waals surface area (Å²) in [5.41, 5.74) is 3.18. The van der Waals surface area contributed by atoms with Crippen molar-refractivity contribution in [1.29, 1.82) is 0 Å². The first kappa shape index (κ1) is 24.7. The quantitative estimate of drug-likeness (QED) is 0.335. The second-order valence-corrected chi connectivity index (χ2v) is 10.1. The number of hydrogen-bond acceptors (Lipinski definition) is 8. The van der Waals surface area contributed by atoms with Gasteiger partial charge in [-0.05, 0) is 36.6 Å². The van der Waals surface area contributed by atoms with E-state index in [1.807, 2.05) is 36.4 Å². The van der Waals surface area contributed by atoms with E-state index >= 15 is 0 Å². The van der Waals surface area contributed by atoms with Crippen LogP contribution in [-0.4, -0.2) is 61.2 Å². The number of halogens is 1. The van der Waals surface area contributed by atoms with Crippen LogP contribution in [0.25, 0.3) is 11.2 Å². The number of aliphatic carboxylic acids is 1. The molecule has 2 aliphatic heterocycles. The van der Waals surface area contributed by atoms with E-state index in [4.69, 9.17) is 25.8 Å². The Kier molecular flexibility index (Phi) is 6.27. The number of ether oxygens (including phenoxy) is 3. The van der Waals surface area contributed by atoms with Crippen LogP contribution in [0.5, 0.6) is 0 Å². The molecule has 2 aromatic carbocycles. The Morgan fingerprint density at radius 2 is 1.68 bits per heavy atom. The van der Waals surface area contributed by atoms with Crippen LogP contribution in [0.3, 0.4) is 0 Å². The van der Waals surface area contributed by atoms with E-state index < -0.39 is 36.3 Å². The number of benzene rings is 2. The van der Waals surface area contributed by atoms with Crippen LogP contribution >= 0.6 is 11.6 Å². The highest BCUT2D eigenvalue weighted by atomic mass is 35.5. The fourth-order valence-corrected chi connectivity index (χ4v) is 5.36. The molecule has 0 unspecified atom stereocenters. The maximum Gasteiger partial charge on any atom is 0.335 e. The summed E-state index contributed by atoms with van der Waals surface area (Å²) in [5.74, 6) is -1.57. The smallest absolute Gasteiger partial charge is 0.335 e. The van der Waals surface area contributed by atoms with Crippen LogP contribution in [0.2, 0.25) is 5.28 Å². The lowest BCUT2D eigenvalue weighted by Crippen LogP contribution is -2.35. The molecular weight excluding hydrogens is 510 g/mol. The highest BCUT2D eigenvalue weighted by molar-refractivity contribution is 6.28. The third kappa shape index (κ3) is 4.49. The van der Waals surface area contributed by atoms with E-state index in [-0.39, 0.29) is 11.2 Å². The molecule has 11 heteroatoms. The van der Waals surface area contributed by atoms with Gasteiger partial charge >= 0.3 is 5.97 Å². The number of aromatic nitrogens is 4. The largest absolute Gasteiger partial charge is 0.479 e. The lowest BCUT2D eigenvalue weighted by Gasteiger charge is -2.23. The molecule has 0 bridgehead atoms. The maximum atomic E-state index is 11.9. The minimum atomic E-state index is -1.20. The fourth-order valence-electron chi connectivity index (χ4n) is 5.20. The Labute approximate surface area is 223 Å². The van der Waals surface area contributed by atoms with Gasteiger partial charge in [0.15, 0.2) is 35.1 Å². The second kappa shape index (κ2) is 9.63. The molecule has 0 saturated carbocycles. The number of fused-ring (bicyclic) bond motifs is 2. The molecule has 4 heterocycles. The van der Waals surface area contributed by atoms with Gasteiger partial charge in [-0.25, -0.2) is 9.78 Å². The van der Waals surface area contributed by atoms with E-state index in [0.717, 1.165) is 11.1 Å². The lowest BCUT2D eigenvalue weighted by molar-refractivity contribution is -0.202. The van der Waals surface area contributed by atoms with E-state index in [0.29, 0.717) is 23.5 Å². The van der Waals surface area contributed by atoms with Gasteiger partial charge in [0.1, 0.15) is 12.2 Å². The SMILES string of the molecule is CC1(C)O[C@@H]2[C@@H](O1)[C@H](n1cnc3c(NCC(c4ccccc4)c4ccccc4)nc(Cl)nc31)O[C@@H]2C(=O)O. The second-order valence-electron chi connectivity index (χ2n) is 9.77. The molecule has 10 nitrogen and oxygen atoms in total. The Morgan fingerprint density at radius 1 is 1.05 bits per heavy atom. The topological polar surface area (TPSA) is 121 Å². The number of hydrogen-bond donors (Lipinski definition) is 2. The van der Waals surface area contributed by atoms with Gasteiger partial charge < -0.3 is 24.6 Å². The lowest BCUT2D eigenvalue weighted by atomic mass is 9.91. The molecule has 38 heavy (non-hydrogen) atoms. The van der Waals surface area contributed by atoms with Crippen molar-refractivity contribution in [3.8, 4) is 0 Å². The van der Waals surface area contributed by atoms with Crippen molar-refractivity contribution in [1.82, 2.24) is 19.5 Å². The summed E-state index contributed by atoms with van der Waals surface area (Å²) in [7, 11) is 0. The molecule has 4 aromatic rings. The van der Waals surface area contributed by atoms with Crippen molar-refractivity contribution in [2.75, 3.05) is 11.9 Å². The predicted octanol–water partition coefficient (Wildman–Crippen LogP) is 4.23. The molecule has 0 amide bonds. The van der Waals surface area contributed by atoms with Gasteiger partial charge in [0, 0.05) is 12.5 Å². The number of anilines is 1. The van der Waals surface area contributed by atoms with Crippen LogP contribution < -0.4 is 5.32 Å². The number of nitrogens with zero attached hydrogens (tertiary/aromatic N) is 4. The number of rotatable bonds is 7. The van der Waals surface area contributed by atoms with Crippen molar-refractivity contribution in [2.24, 2.45) is 0 Å². The summed E-state index contributed by atoms with van der Waals surface area (Å²) in [5, 5.41) is 13.1. The molecule has 2 saturated heterocycles. The summed E-state index contributed by atoms with van der Waals surface area (Å²) in [6.45, 7) is 4.01. The number of nitrogens with one attached hydrogen (secondary N) is 1. The molecule has 4 atom stereocenters. The minimum Gasteiger partial charge on any atom is -0.479 e. The standard InChI is InChI=1S/C27H26ClN5O5/c1-27(2)37-19-20(38-27)24(36-21(19)25(34)35)33-14-30-18-22(31-26(28)32-23(18)33)29-13-17(15-9-5-3-6-10-15)16-11-7-4-8-12-16/h3-12,14,17,19-21,24H,13H2,1-2H3,(H,34,35)(H,29,31,32)/t19-,20-,21+,24-/m1/s1. The number of imidazole rings is 1. The first-order valence-electron chi connectivity index (χ1n) is 12.3. The van der Waals surface area contributed by atoms with E-state index in [9.17, 15) is 9.90 Å². The monoisotopic (exact) mass is 535 g/mol. The predicted molar refractivity (Wildman–Crippen MR) is 139 cm³/mol. The summed E-state index contributed by atoms with van der Waals surface area (Å²) in [4.78, 5) is 25.2. The number of carbonyl (C=O) groups is 1. The summed E-state index contributed by atoms with van der Waals surface area (Å²) < 4.78 is 19.4.